The highest BCUT2D eigenvalue weighted by molar-refractivity contribution is 5.91. The van der Waals surface area contributed by atoms with Crippen molar-refractivity contribution in [1.82, 2.24) is 0 Å². The molecule has 0 atom stereocenters. The number of non-ortho nitro benzene ring substituents is 1. The van der Waals surface area contributed by atoms with Gasteiger partial charge in [0.1, 0.15) is 0 Å². The standard InChI is InChI=1S/C15H8N2O6/c18-15(9-6-11-4-2-1-3-5-11)23-14-8-7-12(16(19)20)10-13(14)17(21)22/h1-5,7-8,10H. The Morgan fingerprint density at radius 3 is 2.30 bits per heavy atom. The second kappa shape index (κ2) is 6.82. The maximum Gasteiger partial charge on any atom is 0.390 e. The first-order valence-corrected chi connectivity index (χ1v) is 6.19. The second-order valence-electron chi connectivity index (χ2n) is 4.17. The molecular formula is C15H8N2O6. The number of carbonyl (C=O) groups is 1. The summed E-state index contributed by atoms with van der Waals surface area (Å²) in [6, 6.07) is 11.3. The van der Waals surface area contributed by atoms with E-state index in [9.17, 15) is 25.0 Å². The molecule has 0 aliphatic carbocycles. The van der Waals surface area contributed by atoms with E-state index in [1.807, 2.05) is 0 Å². The average molecular weight is 312 g/mol. The van der Waals surface area contributed by atoms with E-state index in [0.717, 1.165) is 12.1 Å². The molecule has 2 aromatic carbocycles. The summed E-state index contributed by atoms with van der Waals surface area (Å²) in [7, 11) is 0. The molecule has 0 heterocycles. The van der Waals surface area contributed by atoms with E-state index in [-0.39, 0.29) is 0 Å². The van der Waals surface area contributed by atoms with Crippen molar-refractivity contribution >= 4 is 17.3 Å². The molecule has 2 rings (SSSR count). The van der Waals surface area contributed by atoms with Crippen LogP contribution in [0.15, 0.2) is 48.5 Å². The zero-order chi connectivity index (χ0) is 16.8. The minimum absolute atomic E-state index is 0.409. The first kappa shape index (κ1) is 15.7. The Kier molecular flexibility index (Phi) is 4.64. The van der Waals surface area contributed by atoms with Crippen molar-refractivity contribution in [2.75, 3.05) is 0 Å². The fourth-order valence-electron chi connectivity index (χ4n) is 1.62. The number of ether oxygens (including phenoxy) is 1. The number of hydrogen-bond donors (Lipinski definition) is 0. The van der Waals surface area contributed by atoms with Crippen LogP contribution >= 0.6 is 0 Å². The SMILES string of the molecule is O=C(C#Cc1ccccc1)Oc1ccc([N+](=O)[O-])cc1[N+](=O)[O-]. The third kappa shape index (κ3) is 4.12. The molecular weight excluding hydrogens is 304 g/mol. The van der Waals surface area contributed by atoms with Gasteiger partial charge in [-0.2, -0.15) is 0 Å². The second-order valence-corrected chi connectivity index (χ2v) is 4.17. The third-order valence-corrected chi connectivity index (χ3v) is 2.64. The van der Waals surface area contributed by atoms with Gasteiger partial charge in [0.15, 0.2) is 0 Å². The van der Waals surface area contributed by atoms with Gasteiger partial charge in [-0.25, -0.2) is 4.79 Å². The maximum absolute atomic E-state index is 11.6. The summed E-state index contributed by atoms with van der Waals surface area (Å²) in [6.07, 6.45) is 0. The number of hydrogen-bond acceptors (Lipinski definition) is 6. The molecule has 23 heavy (non-hydrogen) atoms. The maximum atomic E-state index is 11.6. The van der Waals surface area contributed by atoms with Gasteiger partial charge in [-0.3, -0.25) is 20.2 Å². The lowest BCUT2D eigenvalue weighted by molar-refractivity contribution is -0.394. The van der Waals surface area contributed by atoms with E-state index in [1.54, 1.807) is 30.3 Å². The Hall–Kier alpha value is -3.73. The van der Waals surface area contributed by atoms with E-state index in [0.29, 0.717) is 11.6 Å². The zero-order valence-electron chi connectivity index (χ0n) is 11.5. The van der Waals surface area contributed by atoms with Gasteiger partial charge in [0.2, 0.25) is 5.75 Å². The molecule has 2 aromatic rings. The Balaban J connectivity index is 2.23. The first-order valence-electron chi connectivity index (χ1n) is 6.19. The van der Waals surface area contributed by atoms with Crippen molar-refractivity contribution in [1.29, 1.82) is 0 Å². The van der Waals surface area contributed by atoms with Crippen LogP contribution in [0.3, 0.4) is 0 Å². The zero-order valence-corrected chi connectivity index (χ0v) is 11.5. The first-order chi connectivity index (χ1) is 11.0. The number of rotatable bonds is 3. The fourth-order valence-corrected chi connectivity index (χ4v) is 1.62. The van der Waals surface area contributed by atoms with Crippen LogP contribution in [-0.4, -0.2) is 15.8 Å². The molecule has 8 nitrogen and oxygen atoms in total. The monoisotopic (exact) mass is 312 g/mol. The predicted molar refractivity (Wildman–Crippen MR) is 78.7 cm³/mol. The van der Waals surface area contributed by atoms with Crippen LogP contribution in [0.1, 0.15) is 5.56 Å². The molecule has 0 aromatic heterocycles. The van der Waals surface area contributed by atoms with Gasteiger partial charge in [0.05, 0.1) is 15.9 Å². The van der Waals surface area contributed by atoms with Gasteiger partial charge in [0, 0.05) is 17.6 Å². The van der Waals surface area contributed by atoms with E-state index in [2.05, 4.69) is 11.8 Å². The fraction of sp³-hybridized carbons (Fsp3) is 0. The van der Waals surface area contributed by atoms with Crippen LogP contribution in [0.25, 0.3) is 0 Å². The van der Waals surface area contributed by atoms with Gasteiger partial charge < -0.3 is 4.74 Å². The van der Waals surface area contributed by atoms with E-state index < -0.39 is 32.9 Å². The van der Waals surface area contributed by atoms with Gasteiger partial charge in [0.25, 0.3) is 5.69 Å². The van der Waals surface area contributed by atoms with E-state index >= 15 is 0 Å². The normalized spacial score (nSPS) is 9.39. The van der Waals surface area contributed by atoms with Crippen molar-refractivity contribution in [2.24, 2.45) is 0 Å². The third-order valence-electron chi connectivity index (χ3n) is 2.64. The van der Waals surface area contributed by atoms with Gasteiger partial charge >= 0.3 is 11.7 Å². The molecule has 0 amide bonds. The molecule has 0 radical (unpaired) electrons. The Morgan fingerprint density at radius 1 is 1.00 bits per heavy atom. The molecule has 8 heteroatoms. The molecule has 0 saturated carbocycles. The summed E-state index contributed by atoms with van der Waals surface area (Å²) in [4.78, 5) is 31.5. The Bertz CT molecular complexity index is 836. The Morgan fingerprint density at radius 2 is 1.70 bits per heavy atom. The van der Waals surface area contributed by atoms with Crippen molar-refractivity contribution in [2.45, 2.75) is 0 Å². The molecule has 0 spiro atoms. The molecule has 0 unspecified atom stereocenters. The lowest BCUT2D eigenvalue weighted by Gasteiger charge is -2.01. The van der Waals surface area contributed by atoms with Crippen LogP contribution in [-0.2, 0) is 4.79 Å². The number of esters is 1. The predicted octanol–water partition coefficient (Wildman–Crippen LogP) is 2.46. The summed E-state index contributed by atoms with van der Waals surface area (Å²) >= 11 is 0. The smallest absolute Gasteiger partial charge is 0.390 e. The highest BCUT2D eigenvalue weighted by Crippen LogP contribution is 2.30. The molecule has 0 N–H and O–H groups in total. The van der Waals surface area contributed by atoms with Crippen molar-refractivity contribution in [3.8, 4) is 17.6 Å². The quantitative estimate of drug-likeness (QED) is 0.283. The lowest BCUT2D eigenvalue weighted by Crippen LogP contribution is -2.07. The summed E-state index contributed by atoms with van der Waals surface area (Å²) in [5, 5.41) is 21.5. The van der Waals surface area contributed by atoms with E-state index in [4.69, 9.17) is 4.74 Å². The molecule has 0 aliphatic heterocycles. The van der Waals surface area contributed by atoms with Gasteiger partial charge in [-0.1, -0.05) is 24.1 Å². The molecule has 0 bridgehead atoms. The summed E-state index contributed by atoms with van der Waals surface area (Å²) in [5.74, 6) is 3.31. The summed E-state index contributed by atoms with van der Waals surface area (Å²) < 4.78 is 4.79. The van der Waals surface area contributed by atoms with Crippen LogP contribution in [0.5, 0.6) is 5.75 Å². The highest BCUT2D eigenvalue weighted by atomic mass is 16.6. The number of nitro benzene ring substituents is 2. The minimum atomic E-state index is -1.01. The van der Waals surface area contributed by atoms with E-state index in [1.165, 1.54) is 0 Å². The van der Waals surface area contributed by atoms with Crippen LogP contribution in [0, 0.1) is 32.1 Å². The van der Waals surface area contributed by atoms with Crippen molar-refractivity contribution in [3.63, 3.8) is 0 Å². The van der Waals surface area contributed by atoms with Crippen LogP contribution in [0.4, 0.5) is 11.4 Å². The number of carbonyl (C=O) groups excluding carboxylic acids is 1. The highest BCUT2D eigenvalue weighted by Gasteiger charge is 2.22. The Labute approximate surface area is 129 Å². The van der Waals surface area contributed by atoms with Crippen molar-refractivity contribution < 1.29 is 19.4 Å². The van der Waals surface area contributed by atoms with Crippen LogP contribution in [0.2, 0.25) is 0 Å². The average Bonchev–Trinajstić information content (AvgIpc) is 2.54. The summed E-state index contributed by atoms with van der Waals surface area (Å²) in [6.45, 7) is 0. The largest absolute Gasteiger partial charge is 0.410 e. The van der Waals surface area contributed by atoms with Crippen molar-refractivity contribution in [3.05, 3.63) is 74.3 Å². The molecule has 0 aliphatic rings. The minimum Gasteiger partial charge on any atom is -0.410 e. The van der Waals surface area contributed by atoms with Crippen LogP contribution < -0.4 is 4.74 Å². The number of nitro groups is 2. The number of benzene rings is 2. The molecule has 0 saturated heterocycles. The molecule has 114 valence electrons. The van der Waals surface area contributed by atoms with Gasteiger partial charge in [-0.15, -0.1) is 0 Å². The topological polar surface area (TPSA) is 113 Å². The van der Waals surface area contributed by atoms with Gasteiger partial charge in [-0.05, 0) is 18.2 Å². The molecule has 0 fully saturated rings. The lowest BCUT2D eigenvalue weighted by atomic mass is 10.2. The number of nitrogens with zero attached hydrogens (tertiary/aromatic N) is 2. The summed E-state index contributed by atoms with van der Waals surface area (Å²) in [5.41, 5.74) is -0.594.